The van der Waals surface area contributed by atoms with Gasteiger partial charge in [-0.3, -0.25) is 4.90 Å². The van der Waals surface area contributed by atoms with Gasteiger partial charge in [-0.2, -0.15) is 0 Å². The van der Waals surface area contributed by atoms with E-state index in [-0.39, 0.29) is 0 Å². The summed E-state index contributed by atoms with van der Waals surface area (Å²) in [7, 11) is 0. The van der Waals surface area contributed by atoms with Gasteiger partial charge in [0, 0.05) is 24.7 Å². The van der Waals surface area contributed by atoms with Gasteiger partial charge in [-0.1, -0.05) is 54.1 Å². The molecular formula is C23H25ClN2O. The number of hydrogen-bond donors (Lipinski definition) is 1. The Labute approximate surface area is 166 Å². The second kappa shape index (κ2) is 10.1. The summed E-state index contributed by atoms with van der Waals surface area (Å²) in [6, 6.07) is 26.1. The highest BCUT2D eigenvalue weighted by atomic mass is 35.5. The van der Waals surface area contributed by atoms with Crippen molar-refractivity contribution in [2.24, 2.45) is 5.73 Å². The molecule has 3 nitrogen and oxygen atoms in total. The van der Waals surface area contributed by atoms with Crippen LogP contribution in [0.5, 0.6) is 11.5 Å². The van der Waals surface area contributed by atoms with Gasteiger partial charge in [0.25, 0.3) is 0 Å². The first kappa shape index (κ1) is 19.4. The predicted octanol–water partition coefficient (Wildman–Crippen LogP) is 5.48. The first-order valence-electron chi connectivity index (χ1n) is 9.21. The van der Waals surface area contributed by atoms with Crippen LogP contribution in [0.25, 0.3) is 0 Å². The van der Waals surface area contributed by atoms with Crippen LogP contribution >= 0.6 is 11.6 Å². The monoisotopic (exact) mass is 380 g/mol. The van der Waals surface area contributed by atoms with Crippen LogP contribution in [0, 0.1) is 0 Å². The fourth-order valence-electron chi connectivity index (χ4n) is 3.01. The molecule has 2 N–H and O–H groups in total. The third kappa shape index (κ3) is 6.40. The van der Waals surface area contributed by atoms with Crippen molar-refractivity contribution < 1.29 is 4.74 Å². The van der Waals surface area contributed by atoms with E-state index in [1.165, 1.54) is 11.1 Å². The average Bonchev–Trinajstić information content (AvgIpc) is 2.67. The zero-order chi connectivity index (χ0) is 18.9. The highest BCUT2D eigenvalue weighted by Gasteiger charge is 2.08. The lowest BCUT2D eigenvalue weighted by molar-refractivity contribution is 0.255. The Hall–Kier alpha value is -2.33. The molecule has 0 unspecified atom stereocenters. The summed E-state index contributed by atoms with van der Waals surface area (Å²) in [6.45, 7) is 3.29. The number of benzene rings is 3. The van der Waals surface area contributed by atoms with Crippen LogP contribution in [0.3, 0.4) is 0 Å². The lowest BCUT2D eigenvalue weighted by Crippen LogP contribution is -2.25. The third-order valence-corrected chi connectivity index (χ3v) is 4.49. The molecule has 0 aliphatic carbocycles. The van der Waals surface area contributed by atoms with Crippen LogP contribution < -0.4 is 10.5 Å². The molecule has 0 saturated heterocycles. The van der Waals surface area contributed by atoms with E-state index >= 15 is 0 Å². The smallest absolute Gasteiger partial charge is 0.127 e. The molecule has 27 heavy (non-hydrogen) atoms. The molecule has 0 atom stereocenters. The van der Waals surface area contributed by atoms with Crippen LogP contribution in [-0.2, 0) is 13.1 Å². The number of rotatable bonds is 9. The topological polar surface area (TPSA) is 38.5 Å². The summed E-state index contributed by atoms with van der Waals surface area (Å²) in [5, 5.41) is 0.768. The third-order valence-electron chi connectivity index (χ3n) is 4.26. The van der Waals surface area contributed by atoms with E-state index in [4.69, 9.17) is 22.1 Å². The number of hydrogen-bond acceptors (Lipinski definition) is 3. The van der Waals surface area contributed by atoms with Gasteiger partial charge in [-0.25, -0.2) is 0 Å². The molecular weight excluding hydrogens is 356 g/mol. The number of para-hydroxylation sites is 1. The van der Waals surface area contributed by atoms with Gasteiger partial charge in [0.2, 0.25) is 0 Å². The molecule has 0 aliphatic heterocycles. The largest absolute Gasteiger partial charge is 0.457 e. The molecule has 4 heteroatoms. The van der Waals surface area contributed by atoms with E-state index in [1.54, 1.807) is 0 Å². The molecule has 0 aromatic heterocycles. The number of nitrogens with two attached hydrogens (primary N) is 1. The van der Waals surface area contributed by atoms with E-state index in [0.29, 0.717) is 6.54 Å². The normalized spacial score (nSPS) is 10.9. The molecule has 140 valence electrons. The first-order chi connectivity index (χ1) is 13.2. The minimum absolute atomic E-state index is 0.684. The quantitative estimate of drug-likeness (QED) is 0.534. The number of halogens is 1. The van der Waals surface area contributed by atoms with E-state index in [0.717, 1.165) is 42.6 Å². The minimum Gasteiger partial charge on any atom is -0.457 e. The Kier molecular flexibility index (Phi) is 7.28. The highest BCUT2D eigenvalue weighted by Crippen LogP contribution is 2.23. The summed E-state index contributed by atoms with van der Waals surface area (Å²) in [5.74, 6) is 1.69. The summed E-state index contributed by atoms with van der Waals surface area (Å²) in [6.07, 6.45) is 0.959. The van der Waals surface area contributed by atoms with E-state index in [9.17, 15) is 0 Å². The summed E-state index contributed by atoms with van der Waals surface area (Å²) >= 11 is 6.14. The van der Waals surface area contributed by atoms with Crippen LogP contribution in [0.1, 0.15) is 17.5 Å². The molecule has 3 rings (SSSR count). The van der Waals surface area contributed by atoms with Crippen LogP contribution in [0.15, 0.2) is 78.9 Å². The van der Waals surface area contributed by atoms with Gasteiger partial charge >= 0.3 is 0 Å². The Balaban J connectivity index is 1.70. The first-order valence-corrected chi connectivity index (χ1v) is 9.59. The van der Waals surface area contributed by atoms with Crippen LogP contribution in [0.2, 0.25) is 5.02 Å². The van der Waals surface area contributed by atoms with Crippen molar-refractivity contribution in [2.75, 3.05) is 13.1 Å². The molecule has 0 fully saturated rings. The van der Waals surface area contributed by atoms with Crippen molar-refractivity contribution in [1.29, 1.82) is 0 Å². The Morgan fingerprint density at radius 1 is 0.778 bits per heavy atom. The molecule has 0 saturated carbocycles. The van der Waals surface area contributed by atoms with Gasteiger partial charge in [-0.15, -0.1) is 0 Å². The van der Waals surface area contributed by atoms with Crippen molar-refractivity contribution in [3.63, 3.8) is 0 Å². The number of nitrogens with zero attached hydrogens (tertiary/aromatic N) is 1. The van der Waals surface area contributed by atoms with Crippen LogP contribution in [-0.4, -0.2) is 18.0 Å². The van der Waals surface area contributed by atoms with Crippen molar-refractivity contribution in [1.82, 2.24) is 4.90 Å². The van der Waals surface area contributed by atoms with Crippen LogP contribution in [0.4, 0.5) is 0 Å². The van der Waals surface area contributed by atoms with Gasteiger partial charge in [0.05, 0.1) is 0 Å². The van der Waals surface area contributed by atoms with E-state index < -0.39 is 0 Å². The Bertz CT molecular complexity index is 839. The molecule has 0 aliphatic rings. The second-order valence-electron chi connectivity index (χ2n) is 6.55. The van der Waals surface area contributed by atoms with Gasteiger partial charge in [-0.05, 0) is 60.5 Å². The second-order valence-corrected chi connectivity index (χ2v) is 6.98. The SMILES string of the molecule is NCCCN(Cc1cccc(Cl)c1)Cc1cccc(Oc2ccccc2)c1. The standard InChI is InChI=1S/C23H25ClN2O/c24-21-9-4-7-19(15-21)17-26(14-6-13-25)18-20-8-5-12-23(16-20)27-22-10-2-1-3-11-22/h1-5,7-12,15-16H,6,13-14,17-18,25H2. The maximum Gasteiger partial charge on any atom is 0.127 e. The van der Waals surface area contributed by atoms with E-state index in [1.807, 2.05) is 60.7 Å². The number of ether oxygens (including phenoxy) is 1. The van der Waals surface area contributed by atoms with Gasteiger partial charge in [0.1, 0.15) is 11.5 Å². The summed E-state index contributed by atoms with van der Waals surface area (Å²) in [4.78, 5) is 2.39. The summed E-state index contributed by atoms with van der Waals surface area (Å²) < 4.78 is 5.96. The summed E-state index contributed by atoms with van der Waals surface area (Å²) in [5.41, 5.74) is 8.15. The zero-order valence-corrected chi connectivity index (χ0v) is 16.1. The fourth-order valence-corrected chi connectivity index (χ4v) is 3.23. The Morgan fingerprint density at radius 2 is 1.44 bits per heavy atom. The van der Waals surface area contributed by atoms with Crippen molar-refractivity contribution in [3.05, 3.63) is 95.0 Å². The maximum absolute atomic E-state index is 6.14. The zero-order valence-electron chi connectivity index (χ0n) is 15.4. The molecule has 0 radical (unpaired) electrons. The van der Waals surface area contributed by atoms with Crippen molar-refractivity contribution >= 4 is 11.6 Å². The minimum atomic E-state index is 0.684. The molecule has 0 spiro atoms. The van der Waals surface area contributed by atoms with Gasteiger partial charge in [0.15, 0.2) is 0 Å². The molecule has 3 aromatic carbocycles. The highest BCUT2D eigenvalue weighted by molar-refractivity contribution is 6.30. The van der Waals surface area contributed by atoms with Gasteiger partial charge < -0.3 is 10.5 Å². The van der Waals surface area contributed by atoms with Crippen molar-refractivity contribution in [2.45, 2.75) is 19.5 Å². The lowest BCUT2D eigenvalue weighted by atomic mass is 10.1. The molecule has 0 amide bonds. The fraction of sp³-hybridized carbons (Fsp3) is 0.217. The van der Waals surface area contributed by atoms with E-state index in [2.05, 4.69) is 23.1 Å². The molecule has 3 aromatic rings. The maximum atomic E-state index is 6.14. The average molecular weight is 381 g/mol. The van der Waals surface area contributed by atoms with Crippen molar-refractivity contribution in [3.8, 4) is 11.5 Å². The lowest BCUT2D eigenvalue weighted by Gasteiger charge is -2.23. The predicted molar refractivity (Wildman–Crippen MR) is 112 cm³/mol. The molecule has 0 heterocycles. The molecule has 0 bridgehead atoms. The Morgan fingerprint density at radius 3 is 2.15 bits per heavy atom.